The number of hydrogen-bond acceptors (Lipinski definition) is 5. The van der Waals surface area contributed by atoms with Crippen molar-refractivity contribution in [3.8, 4) is 0 Å². The molecule has 0 N–H and O–H groups in total. The first kappa shape index (κ1) is 24.2. The van der Waals surface area contributed by atoms with Gasteiger partial charge in [-0.25, -0.2) is 4.79 Å². The number of halogens is 1. The van der Waals surface area contributed by atoms with Crippen LogP contribution in [-0.2, 0) is 14.3 Å². The number of nitrogens with zero attached hydrogens (tertiary/aromatic N) is 2. The van der Waals surface area contributed by atoms with E-state index in [0.29, 0.717) is 29.1 Å². The number of methoxy groups -OCH3 is 1. The van der Waals surface area contributed by atoms with Crippen LogP contribution >= 0.6 is 11.6 Å². The van der Waals surface area contributed by atoms with Crippen molar-refractivity contribution >= 4 is 34.8 Å². The molecule has 0 amide bonds. The Kier molecular flexibility index (Phi) is 7.22. The molecule has 5 nitrogen and oxygen atoms in total. The highest BCUT2D eigenvalue weighted by atomic mass is 35.5. The van der Waals surface area contributed by atoms with Gasteiger partial charge in [0.25, 0.3) is 0 Å². The van der Waals surface area contributed by atoms with Gasteiger partial charge in [0.2, 0.25) is 0 Å². The van der Waals surface area contributed by atoms with Crippen LogP contribution in [0, 0.1) is 5.92 Å². The number of rotatable bonds is 6. The zero-order valence-corrected chi connectivity index (χ0v) is 20.9. The van der Waals surface area contributed by atoms with Crippen LogP contribution in [0.4, 0.5) is 5.69 Å². The quantitative estimate of drug-likeness (QED) is 0.482. The molecule has 1 aliphatic carbocycles. The number of aliphatic imine (C=N–C) groups is 1. The summed E-state index contributed by atoms with van der Waals surface area (Å²) >= 11 is 6.46. The second kappa shape index (κ2) is 10.1. The maximum Gasteiger partial charge on any atom is 0.336 e. The van der Waals surface area contributed by atoms with Gasteiger partial charge in [0.1, 0.15) is 5.78 Å². The number of benzene rings is 2. The third kappa shape index (κ3) is 4.41. The first-order valence-corrected chi connectivity index (χ1v) is 12.3. The predicted octanol–water partition coefficient (Wildman–Crippen LogP) is 5.93. The van der Waals surface area contributed by atoms with E-state index in [-0.39, 0.29) is 11.7 Å². The highest BCUT2D eigenvalue weighted by molar-refractivity contribution is 6.31. The summed E-state index contributed by atoms with van der Waals surface area (Å²) in [7, 11) is 1.37. The molecule has 2 aromatic carbocycles. The first-order valence-electron chi connectivity index (χ1n) is 11.9. The minimum Gasteiger partial charge on any atom is -0.466 e. The van der Waals surface area contributed by atoms with E-state index in [4.69, 9.17) is 21.3 Å². The van der Waals surface area contributed by atoms with Crippen molar-refractivity contribution in [3.05, 3.63) is 76.0 Å². The molecule has 6 heteroatoms. The lowest BCUT2D eigenvalue weighted by Gasteiger charge is -2.38. The van der Waals surface area contributed by atoms with Gasteiger partial charge in [0.15, 0.2) is 0 Å². The summed E-state index contributed by atoms with van der Waals surface area (Å²) in [5.74, 6) is -1.25. The molecule has 0 spiro atoms. The van der Waals surface area contributed by atoms with Gasteiger partial charge in [-0.05, 0) is 62.4 Å². The van der Waals surface area contributed by atoms with Crippen LogP contribution < -0.4 is 4.90 Å². The SMILES string of the molecule is CCN(CC)c1ccc([C@H]2C(C(=O)OC)=C(C)N=C3C[C@H](c4ccccc4Cl)CC(=O)C32)cc1. The van der Waals surface area contributed by atoms with Crippen molar-refractivity contribution in [1.29, 1.82) is 0 Å². The van der Waals surface area contributed by atoms with Crippen molar-refractivity contribution in [2.45, 2.75) is 45.4 Å². The second-order valence-electron chi connectivity index (χ2n) is 8.91. The molecule has 0 radical (unpaired) electrons. The molecular weight excluding hydrogens is 448 g/mol. The lowest BCUT2D eigenvalue weighted by Crippen LogP contribution is -2.41. The molecule has 178 valence electrons. The van der Waals surface area contributed by atoms with E-state index in [0.717, 1.165) is 35.6 Å². The number of fused-ring (bicyclic) bond motifs is 1. The van der Waals surface area contributed by atoms with Gasteiger partial charge >= 0.3 is 5.97 Å². The van der Waals surface area contributed by atoms with Crippen LogP contribution in [0.5, 0.6) is 0 Å². The van der Waals surface area contributed by atoms with Crippen molar-refractivity contribution < 1.29 is 14.3 Å². The fourth-order valence-corrected chi connectivity index (χ4v) is 5.71. The van der Waals surface area contributed by atoms with Crippen molar-refractivity contribution in [2.75, 3.05) is 25.1 Å². The molecule has 1 saturated carbocycles. The molecule has 0 aromatic heterocycles. The van der Waals surface area contributed by atoms with Crippen molar-refractivity contribution in [1.82, 2.24) is 0 Å². The number of carbonyl (C=O) groups is 2. The number of ketones is 1. The highest BCUT2D eigenvalue weighted by Crippen LogP contribution is 2.46. The zero-order chi connectivity index (χ0) is 24.4. The summed E-state index contributed by atoms with van der Waals surface area (Å²) in [5.41, 5.74) is 4.92. The van der Waals surface area contributed by atoms with Crippen LogP contribution in [0.1, 0.15) is 56.6 Å². The van der Waals surface area contributed by atoms with E-state index in [9.17, 15) is 9.59 Å². The van der Waals surface area contributed by atoms with Crippen LogP contribution in [0.3, 0.4) is 0 Å². The Morgan fingerprint density at radius 3 is 2.35 bits per heavy atom. The monoisotopic (exact) mass is 478 g/mol. The van der Waals surface area contributed by atoms with E-state index in [1.165, 1.54) is 7.11 Å². The van der Waals surface area contributed by atoms with Gasteiger partial charge in [0.05, 0.1) is 18.6 Å². The Bertz CT molecular complexity index is 1150. The normalized spacial score (nSPS) is 22.2. The molecule has 2 aromatic rings. The van der Waals surface area contributed by atoms with Crippen LogP contribution in [-0.4, -0.2) is 37.7 Å². The van der Waals surface area contributed by atoms with Crippen LogP contribution in [0.25, 0.3) is 0 Å². The standard InChI is InChI=1S/C28H31ClN2O3/c1-5-31(6-2)20-13-11-18(12-14-20)26-25(28(33)34-4)17(3)30-23-15-19(16-24(32)27(23)26)21-9-7-8-10-22(21)29/h7-14,19,26-27H,5-6,15-16H2,1-4H3/t19-,26-,27?/m0/s1. The fourth-order valence-electron chi connectivity index (χ4n) is 5.42. The van der Waals surface area contributed by atoms with Gasteiger partial charge in [-0.15, -0.1) is 0 Å². The van der Waals surface area contributed by atoms with Gasteiger partial charge in [-0.2, -0.15) is 0 Å². The summed E-state index contributed by atoms with van der Waals surface area (Å²) < 4.78 is 5.13. The second-order valence-corrected chi connectivity index (χ2v) is 9.31. The van der Waals surface area contributed by atoms with Gasteiger partial charge < -0.3 is 9.64 Å². The average molecular weight is 479 g/mol. The summed E-state index contributed by atoms with van der Waals surface area (Å²) in [6.07, 6.45) is 1.01. The van der Waals surface area contributed by atoms with Crippen LogP contribution in [0.2, 0.25) is 5.02 Å². The number of Topliss-reactive ketones (excluding diaryl/α,β-unsaturated/α-hetero) is 1. The lowest BCUT2D eigenvalue weighted by molar-refractivity contribution is -0.136. The van der Waals surface area contributed by atoms with Crippen molar-refractivity contribution in [2.24, 2.45) is 10.9 Å². The molecule has 0 bridgehead atoms. The molecule has 1 unspecified atom stereocenters. The number of allylic oxidation sites excluding steroid dienone is 1. The summed E-state index contributed by atoms with van der Waals surface area (Å²) in [6, 6.07) is 15.9. The van der Waals surface area contributed by atoms with E-state index in [1.54, 1.807) is 0 Å². The number of carbonyl (C=O) groups excluding carboxylic acids is 2. The van der Waals surface area contributed by atoms with E-state index >= 15 is 0 Å². The van der Waals surface area contributed by atoms with E-state index in [1.807, 2.05) is 43.3 Å². The largest absolute Gasteiger partial charge is 0.466 e. The zero-order valence-electron chi connectivity index (χ0n) is 20.2. The maximum atomic E-state index is 13.6. The molecular formula is C28H31ClN2O3. The van der Waals surface area contributed by atoms with E-state index < -0.39 is 17.8 Å². The predicted molar refractivity (Wildman–Crippen MR) is 137 cm³/mol. The van der Waals surface area contributed by atoms with Gasteiger partial charge in [-0.3, -0.25) is 9.79 Å². The third-order valence-electron chi connectivity index (χ3n) is 7.09. The van der Waals surface area contributed by atoms with Gasteiger partial charge in [-0.1, -0.05) is 41.9 Å². The maximum absolute atomic E-state index is 13.6. The molecule has 2 aliphatic rings. The first-order chi connectivity index (χ1) is 16.4. The van der Waals surface area contributed by atoms with E-state index in [2.05, 4.69) is 30.9 Å². The summed E-state index contributed by atoms with van der Waals surface area (Å²) in [5, 5.41) is 0.668. The number of ether oxygens (including phenoxy) is 1. The summed E-state index contributed by atoms with van der Waals surface area (Å²) in [4.78, 5) is 33.5. The average Bonchev–Trinajstić information content (AvgIpc) is 2.84. The Hall–Kier alpha value is -2.92. The molecule has 34 heavy (non-hydrogen) atoms. The molecule has 0 saturated heterocycles. The number of anilines is 1. The molecule has 1 heterocycles. The Balaban J connectivity index is 1.76. The Morgan fingerprint density at radius 2 is 1.74 bits per heavy atom. The minimum absolute atomic E-state index is 0.0191. The molecule has 4 rings (SSSR count). The molecule has 1 aliphatic heterocycles. The fraction of sp³-hybridized carbons (Fsp3) is 0.393. The molecule has 1 fully saturated rings. The Morgan fingerprint density at radius 1 is 1.06 bits per heavy atom. The van der Waals surface area contributed by atoms with Crippen molar-refractivity contribution in [3.63, 3.8) is 0 Å². The molecule has 3 atom stereocenters. The van der Waals surface area contributed by atoms with Crippen LogP contribution in [0.15, 0.2) is 64.8 Å². The smallest absolute Gasteiger partial charge is 0.336 e. The number of esters is 1. The summed E-state index contributed by atoms with van der Waals surface area (Å²) in [6.45, 7) is 7.90. The minimum atomic E-state index is -0.476. The Labute approximate surface area is 206 Å². The third-order valence-corrected chi connectivity index (χ3v) is 7.43. The lowest BCUT2D eigenvalue weighted by atomic mass is 9.66. The number of hydrogen-bond donors (Lipinski definition) is 0. The highest BCUT2D eigenvalue weighted by Gasteiger charge is 2.46. The topological polar surface area (TPSA) is 59.0 Å². The van der Waals surface area contributed by atoms with Gasteiger partial charge in [0, 0.05) is 47.5 Å².